The summed E-state index contributed by atoms with van der Waals surface area (Å²) in [6.45, 7) is -0.0242. The fraction of sp³-hybridized carbons (Fsp3) is 0.308. The van der Waals surface area contributed by atoms with Crippen molar-refractivity contribution in [1.29, 1.82) is 0 Å². The van der Waals surface area contributed by atoms with Gasteiger partial charge in [0.1, 0.15) is 5.82 Å². The molecule has 90 valence electrons. The number of hydrogen-bond donors (Lipinski definition) is 1. The van der Waals surface area contributed by atoms with Crippen molar-refractivity contribution in [2.24, 2.45) is 7.05 Å². The highest BCUT2D eigenvalue weighted by Gasteiger charge is 2.07. The van der Waals surface area contributed by atoms with Crippen LogP contribution in [0.1, 0.15) is 5.69 Å². The van der Waals surface area contributed by atoms with Crippen LogP contribution in [0, 0.1) is 0 Å². The molecule has 1 N–H and O–H groups in total. The molecule has 0 amide bonds. The maximum absolute atomic E-state index is 9.06. The van der Waals surface area contributed by atoms with Gasteiger partial charge in [-0.2, -0.15) is 0 Å². The first-order valence-electron chi connectivity index (χ1n) is 5.52. The first-order chi connectivity index (χ1) is 8.11. The monoisotopic (exact) mass is 231 g/mol. The summed E-state index contributed by atoms with van der Waals surface area (Å²) in [6.07, 6.45) is 1.84. The van der Waals surface area contributed by atoms with E-state index in [0.717, 1.165) is 17.1 Å². The molecule has 4 nitrogen and oxygen atoms in total. The van der Waals surface area contributed by atoms with Gasteiger partial charge in [-0.05, 0) is 24.3 Å². The second-order valence-corrected chi connectivity index (χ2v) is 4.27. The lowest BCUT2D eigenvalue weighted by atomic mass is 10.2. The molecule has 1 aromatic heterocycles. The Labute approximate surface area is 101 Å². The molecule has 2 rings (SSSR count). The van der Waals surface area contributed by atoms with Gasteiger partial charge in [-0.15, -0.1) is 0 Å². The van der Waals surface area contributed by atoms with Crippen molar-refractivity contribution in [2.75, 3.05) is 19.0 Å². The Morgan fingerprint density at radius 1 is 1.24 bits per heavy atom. The molecule has 0 spiro atoms. The maximum Gasteiger partial charge on any atom is 0.140 e. The van der Waals surface area contributed by atoms with Gasteiger partial charge >= 0.3 is 0 Å². The average Bonchev–Trinajstić information content (AvgIpc) is 2.71. The van der Waals surface area contributed by atoms with Gasteiger partial charge in [0.05, 0.1) is 12.3 Å². The normalized spacial score (nSPS) is 10.6. The Kier molecular flexibility index (Phi) is 3.15. The van der Waals surface area contributed by atoms with Gasteiger partial charge in [0.15, 0.2) is 0 Å². The molecule has 0 aliphatic carbocycles. The summed E-state index contributed by atoms with van der Waals surface area (Å²) in [4.78, 5) is 6.43. The average molecular weight is 231 g/mol. The minimum absolute atomic E-state index is 0.0242. The minimum atomic E-state index is -0.0242. The van der Waals surface area contributed by atoms with E-state index in [2.05, 4.69) is 22.0 Å². The molecule has 0 bridgehead atoms. The summed E-state index contributed by atoms with van der Waals surface area (Å²) in [6, 6.07) is 8.20. The van der Waals surface area contributed by atoms with E-state index in [0.29, 0.717) is 5.69 Å². The molecule has 0 unspecified atom stereocenters. The maximum atomic E-state index is 9.06. The summed E-state index contributed by atoms with van der Waals surface area (Å²) >= 11 is 0. The van der Waals surface area contributed by atoms with E-state index in [-0.39, 0.29) is 6.61 Å². The van der Waals surface area contributed by atoms with E-state index >= 15 is 0 Å². The van der Waals surface area contributed by atoms with Gasteiger partial charge < -0.3 is 14.6 Å². The van der Waals surface area contributed by atoms with Gasteiger partial charge in [-0.25, -0.2) is 4.98 Å². The first kappa shape index (κ1) is 11.7. The van der Waals surface area contributed by atoms with Crippen LogP contribution in [0.2, 0.25) is 0 Å². The van der Waals surface area contributed by atoms with E-state index in [1.165, 1.54) is 0 Å². The number of aliphatic hydroxyl groups excluding tert-OH is 1. The molecule has 17 heavy (non-hydrogen) atoms. The van der Waals surface area contributed by atoms with Crippen molar-refractivity contribution < 1.29 is 5.11 Å². The van der Waals surface area contributed by atoms with E-state index in [4.69, 9.17) is 5.11 Å². The number of aryl methyl sites for hydroxylation is 1. The molecule has 0 saturated carbocycles. The summed E-state index contributed by atoms with van der Waals surface area (Å²) in [5.74, 6) is 0.874. The third kappa shape index (κ3) is 2.31. The fourth-order valence-electron chi connectivity index (χ4n) is 1.78. The van der Waals surface area contributed by atoms with Crippen LogP contribution in [0.5, 0.6) is 0 Å². The van der Waals surface area contributed by atoms with Gasteiger partial charge in [-0.3, -0.25) is 0 Å². The number of aromatic nitrogens is 2. The van der Waals surface area contributed by atoms with Crippen LogP contribution in [0.25, 0.3) is 11.4 Å². The smallest absolute Gasteiger partial charge is 0.140 e. The highest BCUT2D eigenvalue weighted by atomic mass is 16.3. The Balaban J connectivity index is 2.36. The lowest BCUT2D eigenvalue weighted by molar-refractivity contribution is 0.277. The first-order valence-corrected chi connectivity index (χ1v) is 5.52. The number of nitrogens with zero attached hydrogens (tertiary/aromatic N) is 3. The molecule has 0 saturated heterocycles. The zero-order valence-electron chi connectivity index (χ0n) is 10.4. The van der Waals surface area contributed by atoms with E-state index in [1.807, 2.05) is 44.0 Å². The molecule has 4 heteroatoms. The van der Waals surface area contributed by atoms with Crippen molar-refractivity contribution in [2.45, 2.75) is 6.61 Å². The molecule has 0 atom stereocenters. The summed E-state index contributed by atoms with van der Waals surface area (Å²) in [5.41, 5.74) is 2.90. The van der Waals surface area contributed by atoms with Gasteiger partial charge in [0.2, 0.25) is 0 Å². The van der Waals surface area contributed by atoms with Crippen LogP contribution in [-0.4, -0.2) is 28.8 Å². The van der Waals surface area contributed by atoms with E-state index < -0.39 is 0 Å². The molecule has 1 aromatic carbocycles. The number of imidazole rings is 1. The molecule has 0 aliphatic rings. The summed E-state index contributed by atoms with van der Waals surface area (Å²) in [7, 11) is 5.96. The number of aliphatic hydroxyl groups is 1. The molecule has 2 aromatic rings. The van der Waals surface area contributed by atoms with Crippen molar-refractivity contribution in [3.05, 3.63) is 36.2 Å². The number of hydrogen-bond acceptors (Lipinski definition) is 3. The van der Waals surface area contributed by atoms with Gasteiger partial charge in [0, 0.05) is 38.6 Å². The number of anilines is 1. The van der Waals surface area contributed by atoms with Crippen LogP contribution >= 0.6 is 0 Å². The summed E-state index contributed by atoms with van der Waals surface area (Å²) in [5, 5.41) is 9.06. The molecule has 0 fully saturated rings. The third-order valence-corrected chi connectivity index (χ3v) is 2.73. The zero-order valence-corrected chi connectivity index (χ0v) is 10.4. The molecule has 1 heterocycles. The number of rotatable bonds is 3. The quantitative estimate of drug-likeness (QED) is 0.873. The standard InChI is InChI=1S/C13H17N3O/c1-15(2)12-6-4-10(5-7-12)13-14-11(9-17)8-16(13)3/h4-8,17H,9H2,1-3H3. The second kappa shape index (κ2) is 4.59. The highest BCUT2D eigenvalue weighted by Crippen LogP contribution is 2.21. The lowest BCUT2D eigenvalue weighted by Crippen LogP contribution is -2.08. The predicted molar refractivity (Wildman–Crippen MR) is 68.9 cm³/mol. The molecule has 0 radical (unpaired) electrons. The van der Waals surface area contributed by atoms with Crippen LogP contribution in [-0.2, 0) is 13.7 Å². The third-order valence-electron chi connectivity index (χ3n) is 2.73. The Hall–Kier alpha value is -1.81. The second-order valence-electron chi connectivity index (χ2n) is 4.27. The number of benzene rings is 1. The highest BCUT2D eigenvalue weighted by molar-refractivity contribution is 5.60. The van der Waals surface area contributed by atoms with Crippen LogP contribution < -0.4 is 4.90 Å². The van der Waals surface area contributed by atoms with Crippen LogP contribution in [0.3, 0.4) is 0 Å². The minimum Gasteiger partial charge on any atom is -0.390 e. The van der Waals surface area contributed by atoms with E-state index in [1.54, 1.807) is 0 Å². The Morgan fingerprint density at radius 3 is 2.35 bits per heavy atom. The van der Waals surface area contributed by atoms with Crippen molar-refractivity contribution in [1.82, 2.24) is 9.55 Å². The SMILES string of the molecule is CN(C)c1ccc(-c2nc(CO)cn2C)cc1. The fourth-order valence-corrected chi connectivity index (χ4v) is 1.78. The molecular weight excluding hydrogens is 214 g/mol. The van der Waals surface area contributed by atoms with Gasteiger partial charge in [0.25, 0.3) is 0 Å². The van der Waals surface area contributed by atoms with Crippen LogP contribution in [0.15, 0.2) is 30.5 Å². The Morgan fingerprint density at radius 2 is 1.88 bits per heavy atom. The zero-order chi connectivity index (χ0) is 12.4. The van der Waals surface area contributed by atoms with Crippen molar-refractivity contribution in [3.8, 4) is 11.4 Å². The summed E-state index contributed by atoms with van der Waals surface area (Å²) < 4.78 is 1.93. The Bertz CT molecular complexity index is 500. The molecular formula is C13H17N3O. The molecule has 0 aliphatic heterocycles. The van der Waals surface area contributed by atoms with Crippen molar-refractivity contribution >= 4 is 5.69 Å². The largest absolute Gasteiger partial charge is 0.390 e. The predicted octanol–water partition coefficient (Wildman–Crippen LogP) is 1.65. The lowest BCUT2D eigenvalue weighted by Gasteiger charge is -2.12. The van der Waals surface area contributed by atoms with Crippen LogP contribution in [0.4, 0.5) is 5.69 Å². The topological polar surface area (TPSA) is 41.3 Å². The van der Waals surface area contributed by atoms with Crippen molar-refractivity contribution in [3.63, 3.8) is 0 Å². The van der Waals surface area contributed by atoms with Gasteiger partial charge in [-0.1, -0.05) is 0 Å². The van der Waals surface area contributed by atoms with E-state index in [9.17, 15) is 0 Å².